The molecule has 0 saturated heterocycles. The Kier molecular flexibility index (Phi) is 4.35. The molecule has 2 aliphatic carbocycles. The van der Waals surface area contributed by atoms with E-state index in [2.05, 4.69) is 30.6 Å². The average Bonchev–Trinajstić information content (AvgIpc) is 3.38. The number of aromatic amines is 1. The van der Waals surface area contributed by atoms with Gasteiger partial charge in [0, 0.05) is 29.6 Å². The van der Waals surface area contributed by atoms with Gasteiger partial charge >= 0.3 is 0 Å². The first kappa shape index (κ1) is 16.5. The molecule has 3 aromatic rings. The standard InChI is InChI=1S/C20H23N7/c1-2-9-14-15(10-3-1)23-18(13-7-4-5-8-13)17(20-24-26-27-25-20)16(14)19-21-11-6-12-22-19/h6,11-13H,1-5,7-10H2,(H,24,25,26,27). The lowest BCUT2D eigenvalue weighted by atomic mass is 9.89. The number of aromatic nitrogens is 7. The fourth-order valence-electron chi connectivity index (χ4n) is 4.61. The van der Waals surface area contributed by atoms with Gasteiger partial charge in [0.25, 0.3) is 0 Å². The fraction of sp³-hybridized carbons (Fsp3) is 0.500. The van der Waals surface area contributed by atoms with E-state index in [0.717, 1.165) is 35.5 Å². The molecular weight excluding hydrogens is 338 g/mol. The third kappa shape index (κ3) is 3.01. The number of fused-ring (bicyclic) bond motifs is 1. The molecule has 27 heavy (non-hydrogen) atoms. The molecule has 0 atom stereocenters. The van der Waals surface area contributed by atoms with Crippen LogP contribution in [0.15, 0.2) is 18.5 Å². The van der Waals surface area contributed by atoms with Crippen molar-refractivity contribution in [2.75, 3.05) is 0 Å². The van der Waals surface area contributed by atoms with Crippen LogP contribution in [0.3, 0.4) is 0 Å². The minimum absolute atomic E-state index is 0.459. The SMILES string of the molecule is c1cnc(-c2c3c(nc(C4CCCC4)c2-c2nnn[nH]2)CCCCC3)nc1. The van der Waals surface area contributed by atoms with Gasteiger partial charge in [-0.05, 0) is 60.6 Å². The fourth-order valence-corrected chi connectivity index (χ4v) is 4.61. The van der Waals surface area contributed by atoms with E-state index in [0.29, 0.717) is 11.7 Å². The summed E-state index contributed by atoms with van der Waals surface area (Å²) in [5, 5.41) is 14.9. The number of H-pyrrole nitrogens is 1. The molecule has 1 N–H and O–H groups in total. The van der Waals surface area contributed by atoms with Gasteiger partial charge in [0.2, 0.25) is 0 Å². The van der Waals surface area contributed by atoms with Crippen LogP contribution in [0.1, 0.15) is 67.8 Å². The first-order valence-electron chi connectivity index (χ1n) is 9.99. The second-order valence-electron chi connectivity index (χ2n) is 7.54. The lowest BCUT2D eigenvalue weighted by molar-refractivity contribution is 0.684. The maximum absolute atomic E-state index is 5.23. The largest absolute Gasteiger partial charge is 0.256 e. The quantitative estimate of drug-likeness (QED) is 0.716. The molecule has 7 nitrogen and oxygen atoms in total. The number of hydrogen-bond acceptors (Lipinski definition) is 6. The first-order chi connectivity index (χ1) is 13.4. The molecule has 0 aliphatic heterocycles. The molecule has 0 aromatic carbocycles. The molecule has 0 unspecified atom stereocenters. The maximum Gasteiger partial charge on any atom is 0.182 e. The van der Waals surface area contributed by atoms with Gasteiger partial charge in [-0.25, -0.2) is 15.1 Å². The molecular formula is C20H23N7. The van der Waals surface area contributed by atoms with Gasteiger partial charge in [-0.15, -0.1) is 5.10 Å². The topological polar surface area (TPSA) is 93.1 Å². The number of nitrogens with zero attached hydrogens (tertiary/aromatic N) is 6. The van der Waals surface area contributed by atoms with Crippen LogP contribution in [0, 0.1) is 0 Å². The summed E-state index contributed by atoms with van der Waals surface area (Å²) in [6.45, 7) is 0. The van der Waals surface area contributed by atoms with Crippen LogP contribution in [0.25, 0.3) is 22.8 Å². The Hall–Kier alpha value is -2.70. The lowest BCUT2D eigenvalue weighted by Crippen LogP contribution is -2.11. The number of pyridine rings is 1. The molecule has 1 saturated carbocycles. The van der Waals surface area contributed by atoms with Crippen LogP contribution in [-0.4, -0.2) is 35.6 Å². The van der Waals surface area contributed by atoms with Crippen molar-refractivity contribution in [1.82, 2.24) is 35.6 Å². The minimum atomic E-state index is 0.459. The van der Waals surface area contributed by atoms with Crippen LogP contribution in [-0.2, 0) is 12.8 Å². The highest BCUT2D eigenvalue weighted by atomic mass is 15.5. The van der Waals surface area contributed by atoms with Crippen molar-refractivity contribution in [2.24, 2.45) is 0 Å². The van der Waals surface area contributed by atoms with E-state index in [9.17, 15) is 0 Å². The molecule has 0 spiro atoms. The number of tetrazole rings is 1. The van der Waals surface area contributed by atoms with Gasteiger partial charge < -0.3 is 0 Å². The summed E-state index contributed by atoms with van der Waals surface area (Å²) >= 11 is 0. The molecule has 7 heteroatoms. The molecule has 3 aromatic heterocycles. The number of aryl methyl sites for hydroxylation is 1. The normalized spacial score (nSPS) is 17.6. The monoisotopic (exact) mass is 361 g/mol. The smallest absolute Gasteiger partial charge is 0.182 e. The van der Waals surface area contributed by atoms with Crippen LogP contribution in [0.5, 0.6) is 0 Å². The van der Waals surface area contributed by atoms with Gasteiger partial charge in [0.15, 0.2) is 11.6 Å². The molecule has 0 bridgehead atoms. The van der Waals surface area contributed by atoms with Crippen molar-refractivity contribution < 1.29 is 0 Å². The minimum Gasteiger partial charge on any atom is -0.256 e. The summed E-state index contributed by atoms with van der Waals surface area (Å²) in [4.78, 5) is 14.4. The molecule has 3 heterocycles. The van der Waals surface area contributed by atoms with Crippen molar-refractivity contribution in [3.63, 3.8) is 0 Å². The molecule has 0 radical (unpaired) electrons. The van der Waals surface area contributed by atoms with Crippen LogP contribution >= 0.6 is 0 Å². The molecule has 0 amide bonds. The van der Waals surface area contributed by atoms with Gasteiger partial charge in [0.05, 0.1) is 11.3 Å². The number of nitrogens with one attached hydrogen (secondary N) is 1. The molecule has 2 aliphatic rings. The van der Waals surface area contributed by atoms with Gasteiger partial charge in [-0.3, -0.25) is 4.98 Å². The van der Waals surface area contributed by atoms with Crippen molar-refractivity contribution >= 4 is 0 Å². The summed E-state index contributed by atoms with van der Waals surface area (Å²) in [6, 6.07) is 1.86. The van der Waals surface area contributed by atoms with Gasteiger partial charge in [-0.1, -0.05) is 19.3 Å². The third-order valence-corrected chi connectivity index (χ3v) is 5.87. The zero-order valence-electron chi connectivity index (χ0n) is 15.4. The van der Waals surface area contributed by atoms with Gasteiger partial charge in [-0.2, -0.15) is 0 Å². The highest BCUT2D eigenvalue weighted by Crippen LogP contribution is 2.43. The summed E-state index contributed by atoms with van der Waals surface area (Å²) in [7, 11) is 0. The Labute approximate surface area is 158 Å². The van der Waals surface area contributed by atoms with Crippen LogP contribution in [0.4, 0.5) is 0 Å². The zero-order chi connectivity index (χ0) is 18.1. The molecule has 5 rings (SSSR count). The zero-order valence-corrected chi connectivity index (χ0v) is 15.4. The van der Waals surface area contributed by atoms with Crippen LogP contribution < -0.4 is 0 Å². The summed E-state index contributed by atoms with van der Waals surface area (Å²) in [6.07, 6.45) is 14.1. The average molecular weight is 361 g/mol. The van der Waals surface area contributed by atoms with E-state index in [1.54, 1.807) is 0 Å². The Morgan fingerprint density at radius 1 is 0.889 bits per heavy atom. The van der Waals surface area contributed by atoms with Crippen molar-refractivity contribution in [3.05, 3.63) is 35.4 Å². The lowest BCUT2D eigenvalue weighted by Gasteiger charge is -2.21. The predicted octanol–water partition coefficient (Wildman–Crippen LogP) is 3.65. The molecule has 1 fully saturated rings. The Balaban J connectivity index is 1.83. The Morgan fingerprint density at radius 2 is 1.70 bits per heavy atom. The van der Waals surface area contributed by atoms with E-state index < -0.39 is 0 Å². The van der Waals surface area contributed by atoms with E-state index in [1.165, 1.54) is 56.2 Å². The van der Waals surface area contributed by atoms with Gasteiger partial charge in [0.1, 0.15) is 0 Å². The van der Waals surface area contributed by atoms with Crippen molar-refractivity contribution in [1.29, 1.82) is 0 Å². The van der Waals surface area contributed by atoms with Crippen molar-refractivity contribution in [2.45, 2.75) is 63.7 Å². The molecule has 138 valence electrons. The van der Waals surface area contributed by atoms with E-state index in [4.69, 9.17) is 4.98 Å². The Morgan fingerprint density at radius 3 is 2.48 bits per heavy atom. The highest BCUT2D eigenvalue weighted by molar-refractivity contribution is 5.82. The Bertz CT molecular complexity index is 915. The summed E-state index contributed by atoms with van der Waals surface area (Å²) in [5.74, 6) is 1.89. The number of hydrogen-bond donors (Lipinski definition) is 1. The first-order valence-corrected chi connectivity index (χ1v) is 9.99. The van der Waals surface area contributed by atoms with Crippen LogP contribution in [0.2, 0.25) is 0 Å². The maximum atomic E-state index is 5.23. The van der Waals surface area contributed by atoms with Crippen molar-refractivity contribution in [3.8, 4) is 22.8 Å². The number of rotatable bonds is 3. The summed E-state index contributed by atoms with van der Waals surface area (Å²) < 4.78 is 0. The second kappa shape index (κ2) is 7.13. The second-order valence-corrected chi connectivity index (χ2v) is 7.54. The van der Waals surface area contributed by atoms with E-state index >= 15 is 0 Å². The van der Waals surface area contributed by atoms with E-state index in [-0.39, 0.29) is 0 Å². The predicted molar refractivity (Wildman–Crippen MR) is 101 cm³/mol. The highest BCUT2D eigenvalue weighted by Gasteiger charge is 2.30. The summed E-state index contributed by atoms with van der Waals surface area (Å²) in [5.41, 5.74) is 5.75. The van der Waals surface area contributed by atoms with E-state index in [1.807, 2.05) is 18.5 Å². The third-order valence-electron chi connectivity index (χ3n) is 5.87.